The molecule has 0 fully saturated rings. The molecule has 0 aliphatic rings. The highest BCUT2D eigenvalue weighted by Crippen LogP contribution is 2.22. The summed E-state index contributed by atoms with van der Waals surface area (Å²) in [5, 5.41) is 6.11. The topological polar surface area (TPSA) is 57.3 Å². The van der Waals surface area contributed by atoms with Gasteiger partial charge in [-0.2, -0.15) is 0 Å². The maximum Gasteiger partial charge on any atom is 0.238 e. The van der Waals surface area contributed by atoms with Gasteiger partial charge >= 0.3 is 0 Å². The molecule has 0 atom stereocenters. The number of nitrogens with zero attached hydrogens (tertiary/aromatic N) is 2. The van der Waals surface area contributed by atoms with E-state index in [0.29, 0.717) is 24.5 Å². The van der Waals surface area contributed by atoms with Gasteiger partial charge in [0.05, 0.1) is 15.2 Å². The van der Waals surface area contributed by atoms with Gasteiger partial charge in [0.15, 0.2) is 5.11 Å². The molecule has 5 nitrogen and oxygen atoms in total. The number of thiazole rings is 1. The van der Waals surface area contributed by atoms with Gasteiger partial charge in [-0.15, -0.1) is 11.3 Å². The molecule has 1 amide bonds. The lowest BCUT2D eigenvalue weighted by atomic mass is 10.2. The lowest BCUT2D eigenvalue weighted by Gasteiger charge is -2.21. The van der Waals surface area contributed by atoms with E-state index in [2.05, 4.69) is 15.7 Å². The van der Waals surface area contributed by atoms with Gasteiger partial charge in [-0.05, 0) is 29.9 Å². The normalized spacial score (nSPS) is 10.5. The van der Waals surface area contributed by atoms with E-state index < -0.39 is 0 Å². The number of aryl methyl sites for hydroxylation is 1. The monoisotopic (exact) mass is 384 g/mol. The SMILES string of the molecule is CN(NC(=O)CCc1nc2ccccc2s1)C(=S)NCc1ccccc1. The molecule has 0 aliphatic heterocycles. The smallest absolute Gasteiger partial charge is 0.238 e. The largest absolute Gasteiger partial charge is 0.357 e. The van der Waals surface area contributed by atoms with E-state index in [-0.39, 0.29) is 5.91 Å². The molecule has 3 aromatic rings. The summed E-state index contributed by atoms with van der Waals surface area (Å²) in [6.07, 6.45) is 0.981. The maximum atomic E-state index is 12.2. The van der Waals surface area contributed by atoms with Crippen molar-refractivity contribution >= 4 is 44.8 Å². The third-order valence-corrected chi connectivity index (χ3v) is 5.30. The van der Waals surface area contributed by atoms with E-state index in [9.17, 15) is 4.79 Å². The molecule has 134 valence electrons. The van der Waals surface area contributed by atoms with Crippen molar-refractivity contribution in [2.45, 2.75) is 19.4 Å². The van der Waals surface area contributed by atoms with Crippen molar-refractivity contribution in [2.24, 2.45) is 0 Å². The number of hydrogen-bond acceptors (Lipinski definition) is 4. The van der Waals surface area contributed by atoms with Crippen LogP contribution in [0.15, 0.2) is 54.6 Å². The summed E-state index contributed by atoms with van der Waals surface area (Å²) in [6, 6.07) is 18.0. The van der Waals surface area contributed by atoms with E-state index in [1.54, 1.807) is 23.4 Å². The number of thiocarbonyl (C=S) groups is 1. The molecule has 2 N–H and O–H groups in total. The van der Waals surface area contributed by atoms with Gasteiger partial charge in [-0.3, -0.25) is 15.2 Å². The van der Waals surface area contributed by atoms with Crippen molar-refractivity contribution < 1.29 is 4.79 Å². The van der Waals surface area contributed by atoms with Gasteiger partial charge in [-0.25, -0.2) is 4.98 Å². The van der Waals surface area contributed by atoms with Crippen molar-refractivity contribution in [3.8, 4) is 0 Å². The van der Waals surface area contributed by atoms with Gasteiger partial charge in [0.1, 0.15) is 0 Å². The first-order chi connectivity index (χ1) is 12.6. The Kier molecular flexibility index (Phi) is 6.14. The van der Waals surface area contributed by atoms with Crippen molar-refractivity contribution in [1.29, 1.82) is 0 Å². The molecule has 0 saturated carbocycles. The van der Waals surface area contributed by atoms with E-state index >= 15 is 0 Å². The Hall–Kier alpha value is -2.51. The average Bonchev–Trinajstić information content (AvgIpc) is 3.08. The van der Waals surface area contributed by atoms with Gasteiger partial charge in [-0.1, -0.05) is 42.5 Å². The summed E-state index contributed by atoms with van der Waals surface area (Å²) in [4.78, 5) is 16.7. The van der Waals surface area contributed by atoms with Crippen LogP contribution in [-0.4, -0.2) is 28.1 Å². The van der Waals surface area contributed by atoms with Crippen LogP contribution in [0, 0.1) is 0 Å². The molecule has 2 aromatic carbocycles. The Morgan fingerprint density at radius 2 is 1.88 bits per heavy atom. The molecule has 0 radical (unpaired) electrons. The second-order valence-corrected chi connectivity index (χ2v) is 7.32. The Labute approximate surface area is 162 Å². The summed E-state index contributed by atoms with van der Waals surface area (Å²) in [6.45, 7) is 0.617. The molecule has 26 heavy (non-hydrogen) atoms. The molecule has 0 aliphatic carbocycles. The number of aromatic nitrogens is 1. The standard InChI is InChI=1S/C19H20N4OS2/c1-23(19(25)20-13-14-7-3-2-4-8-14)22-17(24)11-12-18-21-15-9-5-6-10-16(15)26-18/h2-10H,11-13H2,1H3,(H,20,25)(H,22,24). The molecule has 3 rings (SSSR count). The van der Waals surface area contributed by atoms with E-state index in [1.165, 1.54) is 0 Å². The highest BCUT2D eigenvalue weighted by Gasteiger charge is 2.10. The zero-order valence-electron chi connectivity index (χ0n) is 14.4. The number of amides is 1. The number of benzene rings is 2. The second kappa shape index (κ2) is 8.73. The predicted octanol–water partition coefficient (Wildman–Crippen LogP) is 3.27. The van der Waals surface area contributed by atoms with Gasteiger partial charge in [0.25, 0.3) is 0 Å². The highest BCUT2D eigenvalue weighted by atomic mass is 32.1. The third kappa shape index (κ3) is 5.00. The molecule has 7 heteroatoms. The van der Waals surface area contributed by atoms with Crippen LogP contribution in [0.4, 0.5) is 0 Å². The van der Waals surface area contributed by atoms with Crippen LogP contribution in [0.5, 0.6) is 0 Å². The molecular formula is C19H20N4OS2. The minimum atomic E-state index is -0.0874. The summed E-state index contributed by atoms with van der Waals surface area (Å²) in [5.74, 6) is -0.0874. The Morgan fingerprint density at radius 3 is 2.65 bits per heavy atom. The van der Waals surface area contributed by atoms with Crippen LogP contribution in [0.3, 0.4) is 0 Å². The molecule has 0 spiro atoms. The number of nitrogens with one attached hydrogen (secondary N) is 2. The van der Waals surface area contributed by atoms with Crippen LogP contribution >= 0.6 is 23.6 Å². The first-order valence-corrected chi connectivity index (χ1v) is 9.54. The molecule has 1 aromatic heterocycles. The fourth-order valence-corrected chi connectivity index (χ4v) is 3.52. The van der Waals surface area contributed by atoms with Gasteiger partial charge < -0.3 is 5.32 Å². The van der Waals surface area contributed by atoms with Crippen molar-refractivity contribution in [2.75, 3.05) is 7.05 Å². The van der Waals surface area contributed by atoms with E-state index in [1.807, 2.05) is 54.6 Å². The van der Waals surface area contributed by atoms with Crippen LogP contribution < -0.4 is 10.7 Å². The second-order valence-electron chi connectivity index (χ2n) is 5.81. The fourth-order valence-electron chi connectivity index (χ4n) is 2.43. The van der Waals surface area contributed by atoms with Crippen LogP contribution in [0.25, 0.3) is 10.2 Å². The molecule has 0 bridgehead atoms. The number of rotatable bonds is 5. The van der Waals surface area contributed by atoms with Crippen LogP contribution in [-0.2, 0) is 17.8 Å². The van der Waals surface area contributed by atoms with Gasteiger partial charge in [0.2, 0.25) is 5.91 Å². The molecular weight excluding hydrogens is 364 g/mol. The summed E-state index contributed by atoms with van der Waals surface area (Å²) in [7, 11) is 1.73. The number of hydrogen-bond donors (Lipinski definition) is 2. The van der Waals surface area contributed by atoms with Crippen LogP contribution in [0.2, 0.25) is 0 Å². The van der Waals surface area contributed by atoms with E-state index in [0.717, 1.165) is 20.8 Å². The number of para-hydroxylation sites is 1. The quantitative estimate of drug-likeness (QED) is 0.522. The third-order valence-electron chi connectivity index (χ3n) is 3.79. The van der Waals surface area contributed by atoms with Crippen molar-refractivity contribution in [3.05, 3.63) is 65.2 Å². The minimum absolute atomic E-state index is 0.0874. The zero-order valence-corrected chi connectivity index (χ0v) is 16.1. The molecule has 0 unspecified atom stereocenters. The Bertz CT molecular complexity index is 862. The minimum Gasteiger partial charge on any atom is -0.357 e. The number of hydrazine groups is 1. The number of carbonyl (C=O) groups is 1. The summed E-state index contributed by atoms with van der Waals surface area (Å²) < 4.78 is 1.14. The lowest BCUT2D eigenvalue weighted by molar-refractivity contribution is -0.123. The van der Waals surface area contributed by atoms with E-state index in [4.69, 9.17) is 12.2 Å². The van der Waals surface area contributed by atoms with Crippen LogP contribution in [0.1, 0.15) is 17.0 Å². The number of fused-ring (bicyclic) bond motifs is 1. The summed E-state index contributed by atoms with van der Waals surface area (Å²) in [5.41, 5.74) is 4.90. The first-order valence-electron chi connectivity index (χ1n) is 8.31. The molecule has 0 saturated heterocycles. The van der Waals surface area contributed by atoms with Crippen molar-refractivity contribution in [3.63, 3.8) is 0 Å². The molecule has 1 heterocycles. The first kappa shape index (κ1) is 18.3. The average molecular weight is 385 g/mol. The lowest BCUT2D eigenvalue weighted by Crippen LogP contribution is -2.47. The Morgan fingerprint density at radius 1 is 1.15 bits per heavy atom. The highest BCUT2D eigenvalue weighted by molar-refractivity contribution is 7.80. The maximum absolute atomic E-state index is 12.2. The Balaban J connectivity index is 1.44. The zero-order chi connectivity index (χ0) is 18.4. The summed E-state index contributed by atoms with van der Waals surface area (Å²) >= 11 is 6.93. The number of carbonyl (C=O) groups excluding carboxylic acids is 1. The predicted molar refractivity (Wildman–Crippen MR) is 110 cm³/mol. The van der Waals surface area contributed by atoms with Gasteiger partial charge in [0, 0.05) is 26.4 Å². The van der Waals surface area contributed by atoms with Crippen molar-refractivity contribution in [1.82, 2.24) is 20.7 Å². The fraction of sp³-hybridized carbons (Fsp3) is 0.211.